The monoisotopic (exact) mass is 375 g/mol. The van der Waals surface area contributed by atoms with Crippen molar-refractivity contribution in [2.45, 2.75) is 31.5 Å². The molecule has 1 saturated heterocycles. The summed E-state index contributed by atoms with van der Waals surface area (Å²) in [6.45, 7) is 2.16. The lowest BCUT2D eigenvalue weighted by Crippen LogP contribution is -2.48. The van der Waals surface area contributed by atoms with Crippen LogP contribution in [-0.4, -0.2) is 42.2 Å². The minimum Gasteiger partial charge on any atom is -0.381 e. The fourth-order valence-electron chi connectivity index (χ4n) is 3.30. The van der Waals surface area contributed by atoms with Crippen molar-refractivity contribution >= 4 is 35.7 Å². The summed E-state index contributed by atoms with van der Waals surface area (Å²) in [5, 5.41) is 0.841. The smallest absolute Gasteiger partial charge is 0.124 e. The number of halogens is 3. The van der Waals surface area contributed by atoms with Crippen molar-refractivity contribution in [3.05, 3.63) is 41.8 Å². The van der Waals surface area contributed by atoms with E-state index in [9.17, 15) is 4.39 Å². The normalized spacial score (nSPS) is 21.1. The topological polar surface area (TPSA) is 51.4 Å². The highest BCUT2D eigenvalue weighted by atomic mass is 35.5. The first-order valence-electron chi connectivity index (χ1n) is 7.71. The van der Waals surface area contributed by atoms with Crippen LogP contribution in [0.4, 0.5) is 4.39 Å². The van der Waals surface area contributed by atoms with Gasteiger partial charge < -0.3 is 10.5 Å². The van der Waals surface area contributed by atoms with E-state index in [0.717, 1.165) is 35.9 Å². The van der Waals surface area contributed by atoms with Crippen LogP contribution in [0.1, 0.15) is 18.4 Å². The van der Waals surface area contributed by atoms with Crippen molar-refractivity contribution < 1.29 is 9.13 Å². The lowest BCUT2D eigenvalue weighted by molar-refractivity contribution is 0.0103. The second kappa shape index (κ2) is 9.49. The molecule has 1 aromatic heterocycles. The van der Waals surface area contributed by atoms with Gasteiger partial charge in [0.05, 0.1) is 11.6 Å². The minimum atomic E-state index is -0.216. The van der Waals surface area contributed by atoms with Gasteiger partial charge in [-0.1, -0.05) is 6.07 Å². The van der Waals surface area contributed by atoms with Gasteiger partial charge in [0, 0.05) is 44.4 Å². The van der Waals surface area contributed by atoms with Crippen LogP contribution >= 0.6 is 24.8 Å². The SMILES string of the molecule is COC1CCN(Cc2cc(F)cc3cccnc23)C(CN)C1.Cl.Cl. The van der Waals surface area contributed by atoms with Crippen molar-refractivity contribution in [3.8, 4) is 0 Å². The standard InChI is InChI=1S/C17H22FN3O.2ClH/c1-22-16-4-6-21(15(9-16)10-19)11-13-8-14(18)7-12-3-2-5-20-17(12)13;;/h2-3,5,7-8,15-16H,4,6,9-11,19H2,1H3;2*1H. The Bertz CT molecular complexity index is 659. The van der Waals surface area contributed by atoms with Gasteiger partial charge in [-0.15, -0.1) is 24.8 Å². The number of benzene rings is 1. The van der Waals surface area contributed by atoms with Crippen LogP contribution in [0.2, 0.25) is 0 Å². The summed E-state index contributed by atoms with van der Waals surface area (Å²) in [5.74, 6) is -0.216. The van der Waals surface area contributed by atoms with E-state index in [0.29, 0.717) is 13.1 Å². The van der Waals surface area contributed by atoms with E-state index in [4.69, 9.17) is 10.5 Å². The van der Waals surface area contributed by atoms with Crippen LogP contribution in [0.3, 0.4) is 0 Å². The van der Waals surface area contributed by atoms with Crippen LogP contribution in [-0.2, 0) is 11.3 Å². The van der Waals surface area contributed by atoms with Crippen LogP contribution in [0, 0.1) is 5.82 Å². The Hall–Kier alpha value is -0.980. The second-order valence-electron chi connectivity index (χ2n) is 5.88. The second-order valence-corrected chi connectivity index (χ2v) is 5.88. The number of methoxy groups -OCH3 is 1. The third kappa shape index (κ3) is 4.55. The number of ether oxygens (including phenoxy) is 1. The molecule has 4 nitrogen and oxygen atoms in total. The van der Waals surface area contributed by atoms with Crippen LogP contribution in [0.25, 0.3) is 10.9 Å². The number of likely N-dealkylation sites (tertiary alicyclic amines) is 1. The number of aromatic nitrogens is 1. The molecule has 1 fully saturated rings. The van der Waals surface area contributed by atoms with Gasteiger partial charge >= 0.3 is 0 Å². The number of fused-ring (bicyclic) bond motifs is 1. The summed E-state index contributed by atoms with van der Waals surface area (Å²) >= 11 is 0. The Morgan fingerprint density at radius 3 is 2.88 bits per heavy atom. The summed E-state index contributed by atoms with van der Waals surface area (Å²) in [4.78, 5) is 6.74. The number of hydrogen-bond acceptors (Lipinski definition) is 4. The average Bonchev–Trinajstić information content (AvgIpc) is 2.55. The predicted octanol–water partition coefficient (Wildman–Crippen LogP) is 3.16. The maximum Gasteiger partial charge on any atom is 0.124 e. The van der Waals surface area contributed by atoms with Gasteiger partial charge in [0.2, 0.25) is 0 Å². The van der Waals surface area contributed by atoms with Crippen molar-refractivity contribution in [3.63, 3.8) is 0 Å². The Morgan fingerprint density at radius 2 is 2.17 bits per heavy atom. The zero-order chi connectivity index (χ0) is 15.5. The number of hydrogen-bond donors (Lipinski definition) is 1. The fourth-order valence-corrected chi connectivity index (χ4v) is 3.30. The highest BCUT2D eigenvalue weighted by Crippen LogP contribution is 2.25. The number of nitrogens with two attached hydrogens (primary N) is 1. The molecule has 0 saturated carbocycles. The maximum absolute atomic E-state index is 13.9. The zero-order valence-electron chi connectivity index (χ0n) is 13.7. The minimum absolute atomic E-state index is 0. The van der Waals surface area contributed by atoms with E-state index < -0.39 is 0 Å². The molecule has 24 heavy (non-hydrogen) atoms. The molecule has 2 aromatic rings. The molecule has 2 N–H and O–H groups in total. The van der Waals surface area contributed by atoms with Crippen molar-refractivity contribution in [2.75, 3.05) is 20.2 Å². The molecule has 1 aliphatic rings. The molecule has 1 aromatic carbocycles. The molecule has 3 rings (SSSR count). The third-order valence-electron chi connectivity index (χ3n) is 4.52. The van der Waals surface area contributed by atoms with Gasteiger partial charge in [0.1, 0.15) is 5.82 Å². The molecule has 1 aliphatic heterocycles. The molecule has 134 valence electrons. The van der Waals surface area contributed by atoms with E-state index >= 15 is 0 Å². The highest BCUT2D eigenvalue weighted by molar-refractivity contribution is 5.85. The van der Waals surface area contributed by atoms with Crippen LogP contribution in [0.15, 0.2) is 30.5 Å². The highest BCUT2D eigenvalue weighted by Gasteiger charge is 2.28. The first-order chi connectivity index (χ1) is 10.7. The lowest BCUT2D eigenvalue weighted by Gasteiger charge is -2.38. The quantitative estimate of drug-likeness (QED) is 0.891. The Kier molecular flexibility index (Phi) is 8.33. The Morgan fingerprint density at radius 1 is 1.38 bits per heavy atom. The third-order valence-corrected chi connectivity index (χ3v) is 4.52. The predicted molar refractivity (Wildman–Crippen MR) is 99.5 cm³/mol. The van der Waals surface area contributed by atoms with Gasteiger partial charge in [-0.3, -0.25) is 9.88 Å². The molecule has 2 heterocycles. The number of nitrogens with zero attached hydrogens (tertiary/aromatic N) is 2. The molecule has 0 radical (unpaired) electrons. The van der Waals surface area contributed by atoms with Gasteiger partial charge in [-0.25, -0.2) is 4.39 Å². The van der Waals surface area contributed by atoms with E-state index in [1.165, 1.54) is 6.07 Å². The van der Waals surface area contributed by atoms with E-state index in [1.54, 1.807) is 19.4 Å². The molecular formula is C17H24Cl2FN3O. The Labute approximate surface area is 154 Å². The average molecular weight is 376 g/mol. The molecule has 0 aliphatic carbocycles. The van der Waals surface area contributed by atoms with Crippen molar-refractivity contribution in [1.29, 1.82) is 0 Å². The maximum atomic E-state index is 13.9. The van der Waals surface area contributed by atoms with Crippen LogP contribution in [0.5, 0.6) is 0 Å². The summed E-state index contributed by atoms with van der Waals surface area (Å²) in [6, 6.07) is 7.11. The first-order valence-corrected chi connectivity index (χ1v) is 7.71. The molecule has 0 spiro atoms. The number of pyridine rings is 1. The molecule has 7 heteroatoms. The summed E-state index contributed by atoms with van der Waals surface area (Å²) in [5.41, 5.74) is 7.71. The number of rotatable bonds is 4. The molecule has 2 unspecified atom stereocenters. The summed E-state index contributed by atoms with van der Waals surface area (Å²) in [6.07, 6.45) is 3.93. The number of piperidine rings is 1. The van der Waals surface area contributed by atoms with Gasteiger partial charge in [-0.2, -0.15) is 0 Å². The lowest BCUT2D eigenvalue weighted by atomic mass is 9.98. The van der Waals surface area contributed by atoms with Gasteiger partial charge in [-0.05, 0) is 36.6 Å². The largest absolute Gasteiger partial charge is 0.381 e. The van der Waals surface area contributed by atoms with Gasteiger partial charge in [0.15, 0.2) is 0 Å². The van der Waals surface area contributed by atoms with E-state index in [2.05, 4.69) is 9.88 Å². The fraction of sp³-hybridized carbons (Fsp3) is 0.471. The molecular weight excluding hydrogens is 352 g/mol. The van der Waals surface area contributed by atoms with E-state index in [1.807, 2.05) is 12.1 Å². The van der Waals surface area contributed by atoms with E-state index in [-0.39, 0.29) is 42.8 Å². The summed E-state index contributed by atoms with van der Waals surface area (Å²) in [7, 11) is 1.75. The summed E-state index contributed by atoms with van der Waals surface area (Å²) < 4.78 is 19.3. The Balaban J connectivity index is 0.00000144. The zero-order valence-corrected chi connectivity index (χ0v) is 15.3. The molecule has 0 amide bonds. The van der Waals surface area contributed by atoms with Crippen LogP contribution < -0.4 is 5.73 Å². The molecule has 0 bridgehead atoms. The van der Waals surface area contributed by atoms with Gasteiger partial charge in [0.25, 0.3) is 0 Å². The van der Waals surface area contributed by atoms with Crippen molar-refractivity contribution in [2.24, 2.45) is 5.73 Å². The molecule has 2 atom stereocenters. The first kappa shape index (κ1) is 21.1. The van der Waals surface area contributed by atoms with Crippen molar-refractivity contribution in [1.82, 2.24) is 9.88 Å².